The Labute approximate surface area is 160 Å². The fraction of sp³-hybridized carbons (Fsp3) is 0.105. The van der Waals surface area contributed by atoms with E-state index in [2.05, 4.69) is 15.7 Å². The van der Waals surface area contributed by atoms with Crippen molar-refractivity contribution in [3.63, 3.8) is 0 Å². The molecule has 0 bridgehead atoms. The molecular weight excluding hydrogens is 371 g/mol. The Morgan fingerprint density at radius 2 is 1.85 bits per heavy atom. The van der Waals surface area contributed by atoms with Crippen LogP contribution >= 0.6 is 11.6 Å². The molecule has 0 radical (unpaired) electrons. The lowest BCUT2D eigenvalue weighted by atomic mass is 10.1. The van der Waals surface area contributed by atoms with E-state index >= 15 is 0 Å². The second kappa shape index (κ2) is 8.01. The average Bonchev–Trinajstić information content (AvgIpc) is 3.05. The molecule has 0 saturated heterocycles. The van der Waals surface area contributed by atoms with E-state index in [1.807, 2.05) is 12.1 Å². The van der Waals surface area contributed by atoms with Crippen LogP contribution in [0.4, 0.5) is 15.9 Å². The van der Waals surface area contributed by atoms with Crippen LogP contribution in [-0.2, 0) is 11.3 Å². The van der Waals surface area contributed by atoms with Crippen LogP contribution in [0.2, 0.25) is 5.02 Å². The van der Waals surface area contributed by atoms with Crippen molar-refractivity contribution >= 4 is 34.9 Å². The van der Waals surface area contributed by atoms with E-state index in [1.54, 1.807) is 29.1 Å². The van der Waals surface area contributed by atoms with E-state index in [0.29, 0.717) is 17.4 Å². The molecule has 0 saturated carbocycles. The zero-order valence-corrected chi connectivity index (χ0v) is 15.1. The summed E-state index contributed by atoms with van der Waals surface area (Å²) in [6, 6.07) is 12.7. The molecule has 0 aliphatic carbocycles. The number of nitrogens with zero attached hydrogens (tertiary/aromatic N) is 2. The van der Waals surface area contributed by atoms with Gasteiger partial charge in [-0.15, -0.1) is 0 Å². The standard InChI is InChI=1S/C19H16ClFN4O2/c1-12(26)23-17-10-14(4-7-16(17)21)19(27)24-18-8-9-22-25(18)11-13-2-5-15(20)6-3-13/h2-10H,11H2,1H3,(H,23,26)(H,24,27). The molecule has 3 rings (SSSR count). The summed E-state index contributed by atoms with van der Waals surface area (Å²) in [6.45, 7) is 1.71. The van der Waals surface area contributed by atoms with Crippen molar-refractivity contribution < 1.29 is 14.0 Å². The molecule has 0 fully saturated rings. The van der Waals surface area contributed by atoms with E-state index in [1.165, 1.54) is 19.1 Å². The molecule has 3 aromatic rings. The molecule has 0 aliphatic rings. The second-order valence-corrected chi connectivity index (χ2v) is 6.27. The number of anilines is 2. The summed E-state index contributed by atoms with van der Waals surface area (Å²) < 4.78 is 15.4. The van der Waals surface area contributed by atoms with Gasteiger partial charge in [0.05, 0.1) is 18.4 Å². The number of aromatic nitrogens is 2. The quantitative estimate of drug-likeness (QED) is 0.697. The number of halogens is 2. The number of benzene rings is 2. The molecule has 0 spiro atoms. The first kappa shape index (κ1) is 18.6. The van der Waals surface area contributed by atoms with E-state index in [4.69, 9.17) is 11.6 Å². The van der Waals surface area contributed by atoms with Crippen LogP contribution < -0.4 is 10.6 Å². The second-order valence-electron chi connectivity index (χ2n) is 5.83. The highest BCUT2D eigenvalue weighted by Gasteiger charge is 2.13. The third-order valence-electron chi connectivity index (χ3n) is 3.74. The zero-order valence-electron chi connectivity index (χ0n) is 14.4. The summed E-state index contributed by atoms with van der Waals surface area (Å²) in [6.07, 6.45) is 1.57. The number of carbonyl (C=O) groups is 2. The number of amides is 2. The van der Waals surface area contributed by atoms with Crippen LogP contribution in [0.1, 0.15) is 22.8 Å². The highest BCUT2D eigenvalue weighted by molar-refractivity contribution is 6.30. The number of rotatable bonds is 5. The number of carbonyl (C=O) groups excluding carboxylic acids is 2. The topological polar surface area (TPSA) is 76.0 Å². The van der Waals surface area contributed by atoms with Crippen LogP contribution in [0.25, 0.3) is 0 Å². The number of hydrogen-bond acceptors (Lipinski definition) is 3. The lowest BCUT2D eigenvalue weighted by Crippen LogP contribution is -2.17. The van der Waals surface area contributed by atoms with Crippen LogP contribution in [0.5, 0.6) is 0 Å². The van der Waals surface area contributed by atoms with Crippen molar-refractivity contribution in [3.05, 3.63) is 76.7 Å². The minimum absolute atomic E-state index is 0.0511. The smallest absolute Gasteiger partial charge is 0.256 e. The zero-order chi connectivity index (χ0) is 19.4. The third-order valence-corrected chi connectivity index (χ3v) is 3.99. The van der Waals surface area contributed by atoms with Crippen LogP contribution in [0, 0.1) is 5.82 Å². The fourth-order valence-electron chi connectivity index (χ4n) is 2.47. The summed E-state index contributed by atoms with van der Waals surface area (Å²) in [5, 5.41) is 9.93. The minimum atomic E-state index is -0.616. The van der Waals surface area contributed by atoms with Gasteiger partial charge >= 0.3 is 0 Å². The maximum absolute atomic E-state index is 13.7. The van der Waals surface area contributed by atoms with Crippen molar-refractivity contribution in [1.82, 2.24) is 9.78 Å². The Morgan fingerprint density at radius 1 is 1.11 bits per heavy atom. The Hall–Kier alpha value is -3.19. The predicted molar refractivity (Wildman–Crippen MR) is 101 cm³/mol. The molecule has 2 aromatic carbocycles. The molecule has 2 amide bonds. The molecule has 6 nitrogen and oxygen atoms in total. The van der Waals surface area contributed by atoms with Crippen LogP contribution in [0.3, 0.4) is 0 Å². The van der Waals surface area contributed by atoms with Gasteiger partial charge < -0.3 is 10.6 Å². The fourth-order valence-corrected chi connectivity index (χ4v) is 2.59. The van der Waals surface area contributed by atoms with Gasteiger partial charge in [0.15, 0.2) is 0 Å². The summed E-state index contributed by atoms with van der Waals surface area (Å²) >= 11 is 5.88. The molecule has 0 atom stereocenters. The maximum atomic E-state index is 13.7. The lowest BCUT2D eigenvalue weighted by molar-refractivity contribution is -0.114. The van der Waals surface area contributed by atoms with Crippen molar-refractivity contribution in [1.29, 1.82) is 0 Å². The molecule has 0 aliphatic heterocycles. The normalized spacial score (nSPS) is 10.5. The molecule has 0 unspecified atom stereocenters. The number of nitrogens with one attached hydrogen (secondary N) is 2. The van der Waals surface area contributed by atoms with Gasteiger partial charge in [-0.2, -0.15) is 5.10 Å². The summed E-state index contributed by atoms with van der Waals surface area (Å²) in [5.74, 6) is -0.998. The summed E-state index contributed by atoms with van der Waals surface area (Å²) in [5.41, 5.74) is 1.12. The first-order valence-corrected chi connectivity index (χ1v) is 8.45. The van der Waals surface area contributed by atoms with Crippen molar-refractivity contribution in [2.75, 3.05) is 10.6 Å². The Balaban J connectivity index is 1.76. The first-order chi connectivity index (χ1) is 12.9. The monoisotopic (exact) mass is 386 g/mol. The lowest BCUT2D eigenvalue weighted by Gasteiger charge is -2.11. The first-order valence-electron chi connectivity index (χ1n) is 8.07. The predicted octanol–water partition coefficient (Wildman–Crippen LogP) is 3.93. The minimum Gasteiger partial charge on any atom is -0.324 e. The molecule has 27 heavy (non-hydrogen) atoms. The van der Waals surface area contributed by atoms with E-state index in [9.17, 15) is 14.0 Å². The van der Waals surface area contributed by atoms with E-state index in [0.717, 1.165) is 11.6 Å². The molecule has 8 heteroatoms. The van der Waals surface area contributed by atoms with Crippen LogP contribution in [0.15, 0.2) is 54.7 Å². The summed E-state index contributed by atoms with van der Waals surface area (Å²) in [4.78, 5) is 23.6. The largest absolute Gasteiger partial charge is 0.324 e. The van der Waals surface area contributed by atoms with Crippen LogP contribution in [-0.4, -0.2) is 21.6 Å². The van der Waals surface area contributed by atoms with Crippen molar-refractivity contribution in [3.8, 4) is 0 Å². The van der Waals surface area contributed by atoms with Gasteiger partial charge in [0.25, 0.3) is 5.91 Å². The molecule has 1 heterocycles. The van der Waals surface area contributed by atoms with Gasteiger partial charge in [0.1, 0.15) is 11.6 Å². The van der Waals surface area contributed by atoms with E-state index < -0.39 is 17.6 Å². The Bertz CT molecular complexity index is 986. The van der Waals surface area contributed by atoms with Gasteiger partial charge in [-0.05, 0) is 35.9 Å². The highest BCUT2D eigenvalue weighted by Crippen LogP contribution is 2.18. The van der Waals surface area contributed by atoms with Gasteiger partial charge in [-0.25, -0.2) is 9.07 Å². The Kier molecular flexibility index (Phi) is 5.52. The molecule has 1 aromatic heterocycles. The van der Waals surface area contributed by atoms with Gasteiger partial charge in [-0.3, -0.25) is 9.59 Å². The number of hydrogen-bond donors (Lipinski definition) is 2. The van der Waals surface area contributed by atoms with Gasteiger partial charge in [0, 0.05) is 23.6 Å². The summed E-state index contributed by atoms with van der Waals surface area (Å²) in [7, 11) is 0. The van der Waals surface area contributed by atoms with E-state index in [-0.39, 0.29) is 11.3 Å². The van der Waals surface area contributed by atoms with Crippen molar-refractivity contribution in [2.45, 2.75) is 13.5 Å². The molecular formula is C19H16ClFN4O2. The highest BCUT2D eigenvalue weighted by atomic mass is 35.5. The average molecular weight is 387 g/mol. The molecule has 138 valence electrons. The third kappa shape index (κ3) is 4.71. The molecule has 2 N–H and O–H groups in total. The SMILES string of the molecule is CC(=O)Nc1cc(C(=O)Nc2ccnn2Cc2ccc(Cl)cc2)ccc1F. The Morgan fingerprint density at radius 3 is 2.56 bits per heavy atom. The van der Waals surface area contributed by atoms with Gasteiger partial charge in [-0.1, -0.05) is 23.7 Å². The maximum Gasteiger partial charge on any atom is 0.256 e. The van der Waals surface area contributed by atoms with Crippen molar-refractivity contribution in [2.24, 2.45) is 0 Å². The van der Waals surface area contributed by atoms with Gasteiger partial charge in [0.2, 0.25) is 5.91 Å².